The molecule has 0 aliphatic rings. The number of hydrogen-bond donors (Lipinski definition) is 2. The molecule has 4 heteroatoms. The molecule has 20 heavy (non-hydrogen) atoms. The molecule has 0 unspecified atom stereocenters. The highest BCUT2D eigenvalue weighted by Gasteiger charge is 2.17. The van der Waals surface area contributed by atoms with Crippen LogP contribution in [0, 0.1) is 0 Å². The van der Waals surface area contributed by atoms with Gasteiger partial charge in [-0.3, -0.25) is 5.10 Å². The van der Waals surface area contributed by atoms with Crippen molar-refractivity contribution in [1.82, 2.24) is 10.2 Å². The summed E-state index contributed by atoms with van der Waals surface area (Å²) in [5, 5.41) is 7.15. The zero-order valence-corrected chi connectivity index (χ0v) is 11.1. The van der Waals surface area contributed by atoms with Gasteiger partial charge in [-0.15, -0.1) is 0 Å². The first-order valence-electron chi connectivity index (χ1n) is 6.34. The minimum Gasteiger partial charge on any atom is -0.496 e. The van der Waals surface area contributed by atoms with Crippen molar-refractivity contribution >= 4 is 5.82 Å². The van der Waals surface area contributed by atoms with Gasteiger partial charge in [-0.2, -0.15) is 5.10 Å². The predicted molar refractivity (Wildman–Crippen MR) is 80.4 cm³/mol. The molecule has 0 radical (unpaired) electrons. The monoisotopic (exact) mass is 265 g/mol. The fourth-order valence-corrected chi connectivity index (χ4v) is 2.30. The first-order valence-corrected chi connectivity index (χ1v) is 6.34. The van der Waals surface area contributed by atoms with E-state index in [0.717, 1.165) is 28.1 Å². The molecule has 0 bridgehead atoms. The van der Waals surface area contributed by atoms with E-state index in [9.17, 15) is 0 Å². The van der Waals surface area contributed by atoms with Gasteiger partial charge in [0.2, 0.25) is 0 Å². The Morgan fingerprint density at radius 3 is 2.45 bits per heavy atom. The molecular weight excluding hydrogens is 250 g/mol. The molecule has 1 aromatic heterocycles. The highest BCUT2D eigenvalue weighted by Crippen LogP contribution is 2.38. The number of anilines is 1. The quantitative estimate of drug-likeness (QED) is 0.763. The van der Waals surface area contributed by atoms with Crippen LogP contribution in [0.2, 0.25) is 0 Å². The zero-order chi connectivity index (χ0) is 13.9. The van der Waals surface area contributed by atoms with E-state index in [2.05, 4.69) is 10.2 Å². The predicted octanol–water partition coefficient (Wildman–Crippen LogP) is 3.33. The number of benzene rings is 2. The Kier molecular flexibility index (Phi) is 3.13. The second-order valence-electron chi connectivity index (χ2n) is 4.43. The standard InChI is InChI=1S/C16H15N3O/c1-20-13-10-6-5-9-12(13)15-14(16(17)19-18-15)11-7-3-2-4-8-11/h2-10H,1H3,(H3,17,18,19). The van der Waals surface area contributed by atoms with Crippen LogP contribution in [0.4, 0.5) is 5.82 Å². The number of para-hydroxylation sites is 1. The number of ether oxygens (including phenoxy) is 1. The van der Waals surface area contributed by atoms with Gasteiger partial charge in [0.1, 0.15) is 5.75 Å². The molecule has 3 rings (SSSR count). The van der Waals surface area contributed by atoms with Crippen LogP contribution in [-0.2, 0) is 0 Å². The number of nitrogen functional groups attached to an aromatic ring is 1. The Bertz CT molecular complexity index is 720. The maximum Gasteiger partial charge on any atom is 0.153 e. The summed E-state index contributed by atoms with van der Waals surface area (Å²) in [6, 6.07) is 17.8. The van der Waals surface area contributed by atoms with E-state index in [0.29, 0.717) is 5.82 Å². The van der Waals surface area contributed by atoms with E-state index >= 15 is 0 Å². The Hall–Kier alpha value is -2.75. The number of H-pyrrole nitrogens is 1. The molecular formula is C16H15N3O. The van der Waals surface area contributed by atoms with Crippen LogP contribution in [0.5, 0.6) is 5.75 Å². The topological polar surface area (TPSA) is 63.9 Å². The summed E-state index contributed by atoms with van der Waals surface area (Å²) in [4.78, 5) is 0. The van der Waals surface area contributed by atoms with Crippen LogP contribution in [0.1, 0.15) is 0 Å². The highest BCUT2D eigenvalue weighted by molar-refractivity contribution is 5.89. The lowest BCUT2D eigenvalue weighted by atomic mass is 10.0. The van der Waals surface area contributed by atoms with Crippen LogP contribution >= 0.6 is 0 Å². The zero-order valence-electron chi connectivity index (χ0n) is 11.1. The summed E-state index contributed by atoms with van der Waals surface area (Å²) in [5.74, 6) is 1.27. The molecule has 0 fully saturated rings. The van der Waals surface area contributed by atoms with Crippen LogP contribution in [-0.4, -0.2) is 17.3 Å². The van der Waals surface area contributed by atoms with Gasteiger partial charge in [-0.25, -0.2) is 0 Å². The van der Waals surface area contributed by atoms with Gasteiger partial charge >= 0.3 is 0 Å². The van der Waals surface area contributed by atoms with E-state index in [1.165, 1.54) is 0 Å². The summed E-state index contributed by atoms with van der Waals surface area (Å²) in [6.45, 7) is 0. The molecule has 0 saturated heterocycles. The maximum absolute atomic E-state index is 6.02. The van der Waals surface area contributed by atoms with Gasteiger partial charge in [-0.1, -0.05) is 42.5 Å². The second-order valence-corrected chi connectivity index (χ2v) is 4.43. The number of nitrogens with two attached hydrogens (primary N) is 1. The third kappa shape index (κ3) is 2.01. The van der Waals surface area contributed by atoms with Gasteiger partial charge in [0.15, 0.2) is 5.82 Å². The maximum atomic E-state index is 6.02. The number of methoxy groups -OCH3 is 1. The molecule has 3 aromatic rings. The number of aromatic amines is 1. The Morgan fingerprint density at radius 1 is 1.00 bits per heavy atom. The van der Waals surface area contributed by atoms with Crippen molar-refractivity contribution in [3.8, 4) is 28.1 Å². The Labute approximate surface area is 117 Å². The molecule has 0 atom stereocenters. The normalized spacial score (nSPS) is 10.4. The molecule has 0 amide bonds. The third-order valence-corrected chi connectivity index (χ3v) is 3.23. The lowest BCUT2D eigenvalue weighted by molar-refractivity contribution is 0.416. The number of aromatic nitrogens is 2. The highest BCUT2D eigenvalue weighted by atomic mass is 16.5. The smallest absolute Gasteiger partial charge is 0.153 e. The number of nitrogens with one attached hydrogen (secondary N) is 1. The average Bonchev–Trinajstić information content (AvgIpc) is 2.89. The van der Waals surface area contributed by atoms with E-state index < -0.39 is 0 Å². The minimum absolute atomic E-state index is 0.483. The van der Waals surface area contributed by atoms with Crippen molar-refractivity contribution in [1.29, 1.82) is 0 Å². The summed E-state index contributed by atoms with van der Waals surface area (Å²) in [5.41, 5.74) is 9.75. The largest absolute Gasteiger partial charge is 0.496 e. The number of rotatable bonds is 3. The van der Waals surface area contributed by atoms with Gasteiger partial charge in [0, 0.05) is 5.56 Å². The molecule has 3 N–H and O–H groups in total. The first kappa shape index (κ1) is 12.3. The molecule has 0 spiro atoms. The van der Waals surface area contributed by atoms with Crippen LogP contribution in [0.25, 0.3) is 22.4 Å². The lowest BCUT2D eigenvalue weighted by Gasteiger charge is -2.09. The summed E-state index contributed by atoms with van der Waals surface area (Å²) in [7, 11) is 1.65. The summed E-state index contributed by atoms with van der Waals surface area (Å²) in [6.07, 6.45) is 0. The molecule has 0 saturated carbocycles. The van der Waals surface area contributed by atoms with Gasteiger partial charge < -0.3 is 10.5 Å². The molecule has 0 aliphatic carbocycles. The minimum atomic E-state index is 0.483. The van der Waals surface area contributed by atoms with E-state index in [-0.39, 0.29) is 0 Å². The Morgan fingerprint density at radius 2 is 1.70 bits per heavy atom. The summed E-state index contributed by atoms with van der Waals surface area (Å²) < 4.78 is 5.41. The number of nitrogens with zero attached hydrogens (tertiary/aromatic N) is 1. The van der Waals surface area contributed by atoms with Crippen LogP contribution in [0.3, 0.4) is 0 Å². The molecule has 100 valence electrons. The lowest BCUT2D eigenvalue weighted by Crippen LogP contribution is -1.91. The summed E-state index contributed by atoms with van der Waals surface area (Å²) >= 11 is 0. The van der Waals surface area contributed by atoms with Crippen molar-refractivity contribution < 1.29 is 4.74 Å². The molecule has 4 nitrogen and oxygen atoms in total. The third-order valence-electron chi connectivity index (χ3n) is 3.23. The van der Waals surface area contributed by atoms with E-state index in [1.807, 2.05) is 54.6 Å². The first-order chi connectivity index (χ1) is 9.81. The van der Waals surface area contributed by atoms with Crippen molar-refractivity contribution in [2.24, 2.45) is 0 Å². The fourth-order valence-electron chi connectivity index (χ4n) is 2.30. The average molecular weight is 265 g/mol. The second kappa shape index (κ2) is 5.09. The SMILES string of the molecule is COc1ccccc1-c1[nH]nc(N)c1-c1ccccc1. The van der Waals surface area contributed by atoms with Crippen molar-refractivity contribution in [3.05, 3.63) is 54.6 Å². The number of hydrogen-bond acceptors (Lipinski definition) is 3. The van der Waals surface area contributed by atoms with Gasteiger partial charge in [0.05, 0.1) is 18.4 Å². The molecule has 2 aromatic carbocycles. The van der Waals surface area contributed by atoms with E-state index in [4.69, 9.17) is 10.5 Å². The molecule has 0 aliphatic heterocycles. The van der Waals surface area contributed by atoms with Gasteiger partial charge in [0.25, 0.3) is 0 Å². The van der Waals surface area contributed by atoms with Gasteiger partial charge in [-0.05, 0) is 17.7 Å². The fraction of sp³-hybridized carbons (Fsp3) is 0.0625. The molecule has 1 heterocycles. The van der Waals surface area contributed by atoms with Crippen LogP contribution < -0.4 is 10.5 Å². The van der Waals surface area contributed by atoms with Crippen LogP contribution in [0.15, 0.2) is 54.6 Å². The van der Waals surface area contributed by atoms with Crippen molar-refractivity contribution in [2.75, 3.05) is 12.8 Å². The van der Waals surface area contributed by atoms with Crippen molar-refractivity contribution in [3.63, 3.8) is 0 Å². The van der Waals surface area contributed by atoms with Crippen molar-refractivity contribution in [2.45, 2.75) is 0 Å². The van der Waals surface area contributed by atoms with E-state index in [1.54, 1.807) is 7.11 Å². The Balaban J connectivity index is 2.22.